The van der Waals surface area contributed by atoms with Crippen LogP contribution in [0.5, 0.6) is 0 Å². The van der Waals surface area contributed by atoms with Crippen LogP contribution >= 0.6 is 0 Å². The maximum atomic E-state index is 12.5. The number of anilines is 2. The van der Waals surface area contributed by atoms with Gasteiger partial charge in [0.1, 0.15) is 11.5 Å². The van der Waals surface area contributed by atoms with Crippen LogP contribution in [0.15, 0.2) is 30.6 Å². The SMILES string of the molecule is CCc1cccc(C)c1NC(=O)c1cnc(NCC2CCCO2)cn1. The van der Waals surface area contributed by atoms with Gasteiger partial charge in [-0.25, -0.2) is 9.97 Å². The summed E-state index contributed by atoms with van der Waals surface area (Å²) in [5.74, 6) is 0.402. The van der Waals surface area contributed by atoms with Gasteiger partial charge in [0.2, 0.25) is 0 Å². The summed E-state index contributed by atoms with van der Waals surface area (Å²) in [5.41, 5.74) is 3.30. The Hall–Kier alpha value is -2.47. The Morgan fingerprint density at radius 2 is 2.20 bits per heavy atom. The molecular weight excluding hydrogens is 316 g/mol. The van der Waals surface area contributed by atoms with Crippen LogP contribution in [0.2, 0.25) is 0 Å². The van der Waals surface area contributed by atoms with Gasteiger partial charge in [0.25, 0.3) is 5.91 Å². The number of ether oxygens (including phenoxy) is 1. The van der Waals surface area contributed by atoms with Crippen LogP contribution in [0.25, 0.3) is 0 Å². The van der Waals surface area contributed by atoms with Crippen molar-refractivity contribution in [1.82, 2.24) is 9.97 Å². The Bertz CT molecular complexity index is 725. The minimum absolute atomic E-state index is 0.235. The predicted molar refractivity (Wildman–Crippen MR) is 98.0 cm³/mol. The zero-order valence-electron chi connectivity index (χ0n) is 14.7. The lowest BCUT2D eigenvalue weighted by molar-refractivity contribution is 0.102. The van der Waals surface area contributed by atoms with E-state index in [1.54, 1.807) is 6.20 Å². The lowest BCUT2D eigenvalue weighted by atomic mass is 10.1. The largest absolute Gasteiger partial charge is 0.376 e. The number of hydrogen-bond donors (Lipinski definition) is 2. The van der Waals surface area contributed by atoms with Crippen LogP contribution < -0.4 is 10.6 Å². The molecule has 0 radical (unpaired) electrons. The molecule has 2 heterocycles. The van der Waals surface area contributed by atoms with Crippen LogP contribution in [-0.4, -0.2) is 35.1 Å². The summed E-state index contributed by atoms with van der Waals surface area (Å²) in [6.45, 7) is 5.59. The number of para-hydroxylation sites is 1. The van der Waals surface area contributed by atoms with Crippen molar-refractivity contribution in [3.63, 3.8) is 0 Å². The van der Waals surface area contributed by atoms with E-state index in [0.717, 1.165) is 42.7 Å². The molecule has 2 N–H and O–H groups in total. The van der Waals surface area contributed by atoms with E-state index in [4.69, 9.17) is 4.74 Å². The van der Waals surface area contributed by atoms with Gasteiger partial charge in [-0.3, -0.25) is 4.79 Å². The van der Waals surface area contributed by atoms with Gasteiger partial charge in [0.15, 0.2) is 0 Å². The van der Waals surface area contributed by atoms with Gasteiger partial charge in [0.05, 0.1) is 18.5 Å². The minimum Gasteiger partial charge on any atom is -0.376 e. The molecule has 1 unspecified atom stereocenters. The average molecular weight is 340 g/mol. The number of aromatic nitrogens is 2. The van der Waals surface area contributed by atoms with Gasteiger partial charge in [-0.1, -0.05) is 25.1 Å². The first kappa shape index (κ1) is 17.4. The molecule has 1 aliphatic heterocycles. The number of rotatable bonds is 6. The summed E-state index contributed by atoms with van der Waals surface area (Å²) in [7, 11) is 0. The molecular formula is C19H24N4O2. The van der Waals surface area contributed by atoms with Crippen molar-refractivity contribution in [2.45, 2.75) is 39.2 Å². The van der Waals surface area contributed by atoms with Crippen LogP contribution in [0.3, 0.4) is 0 Å². The van der Waals surface area contributed by atoms with Crippen LogP contribution in [0.1, 0.15) is 41.4 Å². The minimum atomic E-state index is -0.248. The molecule has 1 aliphatic rings. The summed E-state index contributed by atoms with van der Waals surface area (Å²) >= 11 is 0. The number of hydrogen-bond acceptors (Lipinski definition) is 5. The first-order valence-electron chi connectivity index (χ1n) is 8.74. The van der Waals surface area contributed by atoms with Gasteiger partial charge in [0, 0.05) is 18.8 Å². The smallest absolute Gasteiger partial charge is 0.275 e. The summed E-state index contributed by atoms with van der Waals surface area (Å²) in [5, 5.41) is 6.16. The Morgan fingerprint density at radius 3 is 2.88 bits per heavy atom. The highest BCUT2D eigenvalue weighted by atomic mass is 16.5. The molecule has 0 aliphatic carbocycles. The third-order valence-corrected chi connectivity index (χ3v) is 4.40. The lowest BCUT2D eigenvalue weighted by Gasteiger charge is -2.13. The summed E-state index contributed by atoms with van der Waals surface area (Å²) in [6.07, 6.45) is 6.35. The Labute approximate surface area is 148 Å². The monoisotopic (exact) mass is 340 g/mol. The van der Waals surface area contributed by atoms with E-state index < -0.39 is 0 Å². The predicted octanol–water partition coefficient (Wildman–Crippen LogP) is 3.19. The van der Waals surface area contributed by atoms with Crippen molar-refractivity contribution >= 4 is 17.4 Å². The van der Waals surface area contributed by atoms with Gasteiger partial charge >= 0.3 is 0 Å². The molecule has 3 rings (SSSR count). The van der Waals surface area contributed by atoms with Crippen LogP contribution in [-0.2, 0) is 11.2 Å². The summed E-state index contributed by atoms with van der Waals surface area (Å²) in [6, 6.07) is 6.00. The van der Waals surface area contributed by atoms with Crippen molar-refractivity contribution < 1.29 is 9.53 Å². The number of nitrogens with zero attached hydrogens (tertiary/aromatic N) is 2. The molecule has 1 aromatic heterocycles. The Balaban J connectivity index is 1.62. The number of carbonyl (C=O) groups excluding carboxylic acids is 1. The quantitative estimate of drug-likeness (QED) is 0.844. The van der Waals surface area contributed by atoms with Crippen molar-refractivity contribution in [2.75, 3.05) is 23.8 Å². The molecule has 0 saturated carbocycles. The molecule has 25 heavy (non-hydrogen) atoms. The Kier molecular flexibility index (Phi) is 5.60. The van der Waals surface area contributed by atoms with Gasteiger partial charge < -0.3 is 15.4 Å². The maximum Gasteiger partial charge on any atom is 0.275 e. The van der Waals surface area contributed by atoms with Gasteiger partial charge in [-0.05, 0) is 37.3 Å². The first-order chi connectivity index (χ1) is 12.2. The van der Waals surface area contributed by atoms with E-state index in [-0.39, 0.29) is 12.0 Å². The van der Waals surface area contributed by atoms with Gasteiger partial charge in [-0.2, -0.15) is 0 Å². The van der Waals surface area contributed by atoms with E-state index in [0.29, 0.717) is 18.1 Å². The summed E-state index contributed by atoms with van der Waals surface area (Å²) in [4.78, 5) is 21.0. The summed E-state index contributed by atoms with van der Waals surface area (Å²) < 4.78 is 5.56. The van der Waals surface area contributed by atoms with Crippen molar-refractivity contribution in [3.05, 3.63) is 47.4 Å². The lowest BCUT2D eigenvalue weighted by Crippen LogP contribution is -2.20. The van der Waals surface area contributed by atoms with E-state index >= 15 is 0 Å². The number of carbonyl (C=O) groups is 1. The highest BCUT2D eigenvalue weighted by Gasteiger charge is 2.16. The normalized spacial score (nSPS) is 16.6. The zero-order chi connectivity index (χ0) is 17.6. The highest BCUT2D eigenvalue weighted by Crippen LogP contribution is 2.21. The Morgan fingerprint density at radius 1 is 1.32 bits per heavy atom. The second-order valence-corrected chi connectivity index (χ2v) is 6.22. The molecule has 2 aromatic rings. The molecule has 6 nitrogen and oxygen atoms in total. The van der Waals surface area contributed by atoms with Gasteiger partial charge in [-0.15, -0.1) is 0 Å². The second kappa shape index (κ2) is 8.07. The number of nitrogens with one attached hydrogen (secondary N) is 2. The van der Waals surface area contributed by atoms with E-state index in [1.165, 1.54) is 6.20 Å². The van der Waals surface area contributed by atoms with Crippen LogP contribution in [0, 0.1) is 6.92 Å². The van der Waals surface area contributed by atoms with E-state index in [1.807, 2.05) is 25.1 Å². The van der Waals surface area contributed by atoms with Crippen molar-refractivity contribution in [3.8, 4) is 0 Å². The highest BCUT2D eigenvalue weighted by molar-refractivity contribution is 6.03. The van der Waals surface area contributed by atoms with Crippen LogP contribution in [0.4, 0.5) is 11.5 Å². The number of aryl methyl sites for hydroxylation is 2. The topological polar surface area (TPSA) is 76.1 Å². The fraction of sp³-hybridized carbons (Fsp3) is 0.421. The molecule has 1 atom stereocenters. The fourth-order valence-corrected chi connectivity index (χ4v) is 2.94. The molecule has 132 valence electrons. The fourth-order valence-electron chi connectivity index (χ4n) is 2.94. The molecule has 0 bridgehead atoms. The number of benzene rings is 1. The van der Waals surface area contributed by atoms with Crippen molar-refractivity contribution in [2.24, 2.45) is 0 Å². The maximum absolute atomic E-state index is 12.5. The zero-order valence-corrected chi connectivity index (χ0v) is 14.7. The van der Waals surface area contributed by atoms with E-state index in [2.05, 4.69) is 27.5 Å². The molecule has 1 aromatic carbocycles. The second-order valence-electron chi connectivity index (χ2n) is 6.22. The third-order valence-electron chi connectivity index (χ3n) is 4.40. The molecule has 6 heteroatoms. The molecule has 1 saturated heterocycles. The van der Waals surface area contributed by atoms with Crippen molar-refractivity contribution in [1.29, 1.82) is 0 Å². The average Bonchev–Trinajstić information content (AvgIpc) is 3.15. The van der Waals surface area contributed by atoms with E-state index in [9.17, 15) is 4.79 Å². The molecule has 1 amide bonds. The molecule has 0 spiro atoms. The molecule has 1 fully saturated rings. The first-order valence-corrected chi connectivity index (χ1v) is 8.74. The standard InChI is InChI=1S/C19H24N4O2/c1-3-14-7-4-6-13(2)18(14)23-19(24)16-11-22-17(12-20-16)21-10-15-8-5-9-25-15/h4,6-7,11-12,15H,3,5,8-10H2,1-2H3,(H,21,22)(H,23,24). The third kappa shape index (κ3) is 4.33. The number of amides is 1.